The molecule has 2 N–H and O–H groups in total. The molecule has 144 valence electrons. The molecule has 1 aliphatic rings. The van der Waals surface area contributed by atoms with Crippen molar-refractivity contribution in [1.29, 1.82) is 0 Å². The summed E-state index contributed by atoms with van der Waals surface area (Å²) in [4.78, 5) is 30.5. The molecule has 0 spiro atoms. The summed E-state index contributed by atoms with van der Waals surface area (Å²) >= 11 is 0. The van der Waals surface area contributed by atoms with Crippen molar-refractivity contribution in [2.24, 2.45) is 5.92 Å². The van der Waals surface area contributed by atoms with Gasteiger partial charge in [-0.2, -0.15) is 0 Å². The van der Waals surface area contributed by atoms with Gasteiger partial charge in [0.2, 0.25) is 5.91 Å². The number of carbonyl (C=O) groups is 2. The molecular formula is C23H25N3O2. The van der Waals surface area contributed by atoms with E-state index in [1.807, 2.05) is 48.5 Å². The molecule has 3 aromatic rings. The Morgan fingerprint density at radius 3 is 2.68 bits per heavy atom. The van der Waals surface area contributed by atoms with E-state index in [4.69, 9.17) is 0 Å². The number of aromatic nitrogens is 1. The predicted octanol–water partition coefficient (Wildman–Crippen LogP) is 3.38. The van der Waals surface area contributed by atoms with Crippen LogP contribution in [0.5, 0.6) is 0 Å². The fourth-order valence-electron chi connectivity index (χ4n) is 3.85. The van der Waals surface area contributed by atoms with Crippen molar-refractivity contribution in [2.75, 3.05) is 19.6 Å². The third kappa shape index (κ3) is 4.09. The first-order valence-corrected chi connectivity index (χ1v) is 9.89. The number of nitrogens with one attached hydrogen (secondary N) is 2. The summed E-state index contributed by atoms with van der Waals surface area (Å²) in [5.41, 5.74) is 2.76. The highest BCUT2D eigenvalue weighted by atomic mass is 16.2. The highest BCUT2D eigenvalue weighted by molar-refractivity contribution is 5.98. The molecule has 2 heterocycles. The fourth-order valence-corrected chi connectivity index (χ4v) is 3.85. The number of rotatable bonds is 5. The Labute approximate surface area is 164 Å². The molecule has 0 unspecified atom stereocenters. The third-order valence-electron chi connectivity index (χ3n) is 5.40. The van der Waals surface area contributed by atoms with E-state index in [9.17, 15) is 9.59 Å². The van der Waals surface area contributed by atoms with Gasteiger partial charge in [-0.1, -0.05) is 48.5 Å². The molecule has 0 aliphatic carbocycles. The minimum absolute atomic E-state index is 0.0296. The van der Waals surface area contributed by atoms with Crippen LogP contribution in [0, 0.1) is 5.92 Å². The van der Waals surface area contributed by atoms with Crippen molar-refractivity contribution in [3.8, 4) is 0 Å². The maximum atomic E-state index is 12.9. The minimum Gasteiger partial charge on any atom is -0.355 e. The molecule has 1 atom stereocenters. The van der Waals surface area contributed by atoms with E-state index in [0.717, 1.165) is 30.2 Å². The zero-order chi connectivity index (χ0) is 19.3. The van der Waals surface area contributed by atoms with Gasteiger partial charge in [0.1, 0.15) is 5.69 Å². The second-order valence-corrected chi connectivity index (χ2v) is 7.39. The Morgan fingerprint density at radius 1 is 1.07 bits per heavy atom. The number of para-hydroxylation sites is 1. The topological polar surface area (TPSA) is 65.2 Å². The van der Waals surface area contributed by atoms with E-state index >= 15 is 0 Å². The number of H-pyrrole nitrogens is 1. The first kappa shape index (κ1) is 18.3. The predicted molar refractivity (Wildman–Crippen MR) is 110 cm³/mol. The lowest BCUT2D eigenvalue weighted by Crippen LogP contribution is -2.45. The van der Waals surface area contributed by atoms with Gasteiger partial charge in [-0.15, -0.1) is 0 Å². The Kier molecular flexibility index (Phi) is 5.42. The molecule has 1 aromatic heterocycles. The number of hydrogen-bond donors (Lipinski definition) is 2. The Balaban J connectivity index is 1.34. The lowest BCUT2D eigenvalue weighted by molar-refractivity contribution is -0.126. The zero-order valence-corrected chi connectivity index (χ0v) is 15.9. The Hall–Kier alpha value is -3.08. The molecule has 5 nitrogen and oxygen atoms in total. The summed E-state index contributed by atoms with van der Waals surface area (Å²) in [6.45, 7) is 1.79. The summed E-state index contributed by atoms with van der Waals surface area (Å²) in [6.07, 6.45) is 2.49. The number of amides is 2. The van der Waals surface area contributed by atoms with Gasteiger partial charge in [0, 0.05) is 30.5 Å². The van der Waals surface area contributed by atoms with Crippen LogP contribution in [0.3, 0.4) is 0 Å². The van der Waals surface area contributed by atoms with E-state index in [-0.39, 0.29) is 17.7 Å². The number of hydrogen-bond acceptors (Lipinski definition) is 2. The summed E-state index contributed by atoms with van der Waals surface area (Å²) in [7, 11) is 0. The van der Waals surface area contributed by atoms with Gasteiger partial charge in [0.15, 0.2) is 0 Å². The highest BCUT2D eigenvalue weighted by Gasteiger charge is 2.29. The van der Waals surface area contributed by atoms with Crippen molar-refractivity contribution in [2.45, 2.75) is 19.3 Å². The van der Waals surface area contributed by atoms with E-state index < -0.39 is 0 Å². The van der Waals surface area contributed by atoms with Gasteiger partial charge < -0.3 is 15.2 Å². The SMILES string of the molecule is O=C(NCCc1ccccc1)[C@H]1CCCN(C(=O)c2cc3ccccc3[nH]2)C1. The number of carbonyl (C=O) groups excluding carboxylic acids is 2. The van der Waals surface area contributed by atoms with Gasteiger partial charge in [0.05, 0.1) is 5.92 Å². The molecule has 5 heteroatoms. The van der Waals surface area contributed by atoms with Gasteiger partial charge in [-0.05, 0) is 37.0 Å². The second kappa shape index (κ2) is 8.30. The van der Waals surface area contributed by atoms with Crippen LogP contribution in [0.15, 0.2) is 60.7 Å². The normalized spacial score (nSPS) is 16.9. The van der Waals surface area contributed by atoms with Crippen LogP contribution >= 0.6 is 0 Å². The van der Waals surface area contributed by atoms with Crippen LogP contribution in [-0.4, -0.2) is 41.3 Å². The third-order valence-corrected chi connectivity index (χ3v) is 5.40. The Morgan fingerprint density at radius 2 is 1.86 bits per heavy atom. The molecule has 1 aliphatic heterocycles. The van der Waals surface area contributed by atoms with E-state index in [2.05, 4.69) is 22.4 Å². The first-order valence-electron chi connectivity index (χ1n) is 9.89. The fraction of sp³-hybridized carbons (Fsp3) is 0.304. The Bertz CT molecular complexity index is 931. The number of fused-ring (bicyclic) bond motifs is 1. The average molecular weight is 375 g/mol. The number of nitrogens with zero attached hydrogens (tertiary/aromatic N) is 1. The van der Waals surface area contributed by atoms with Crippen molar-refractivity contribution >= 4 is 22.7 Å². The maximum absolute atomic E-state index is 12.9. The van der Waals surface area contributed by atoms with E-state index in [1.54, 1.807) is 4.90 Å². The second-order valence-electron chi connectivity index (χ2n) is 7.39. The minimum atomic E-state index is -0.141. The van der Waals surface area contributed by atoms with Gasteiger partial charge >= 0.3 is 0 Å². The molecule has 2 amide bonds. The highest BCUT2D eigenvalue weighted by Crippen LogP contribution is 2.21. The summed E-state index contributed by atoms with van der Waals surface area (Å²) in [6, 6.07) is 19.9. The molecule has 1 fully saturated rings. The molecule has 2 aromatic carbocycles. The van der Waals surface area contributed by atoms with Crippen LogP contribution < -0.4 is 5.32 Å². The molecule has 28 heavy (non-hydrogen) atoms. The van der Waals surface area contributed by atoms with Crippen LogP contribution in [0.1, 0.15) is 28.9 Å². The first-order chi connectivity index (χ1) is 13.7. The molecule has 0 radical (unpaired) electrons. The number of benzene rings is 2. The van der Waals surface area contributed by atoms with E-state index in [1.165, 1.54) is 5.56 Å². The van der Waals surface area contributed by atoms with Crippen LogP contribution in [0.4, 0.5) is 0 Å². The van der Waals surface area contributed by atoms with Crippen LogP contribution in [-0.2, 0) is 11.2 Å². The number of piperidine rings is 1. The van der Waals surface area contributed by atoms with Crippen molar-refractivity contribution in [1.82, 2.24) is 15.2 Å². The standard InChI is InChI=1S/C23H25N3O2/c27-22(24-13-12-17-7-2-1-3-8-17)19-10-6-14-26(16-19)23(28)21-15-18-9-4-5-11-20(18)25-21/h1-5,7-9,11,15,19,25H,6,10,12-14,16H2,(H,24,27)/t19-/m0/s1. The maximum Gasteiger partial charge on any atom is 0.270 e. The van der Waals surface area contributed by atoms with Gasteiger partial charge in [0.25, 0.3) is 5.91 Å². The van der Waals surface area contributed by atoms with Crippen LogP contribution in [0.25, 0.3) is 10.9 Å². The van der Waals surface area contributed by atoms with Crippen LogP contribution in [0.2, 0.25) is 0 Å². The molecule has 0 bridgehead atoms. The largest absolute Gasteiger partial charge is 0.355 e. The number of likely N-dealkylation sites (tertiary alicyclic amines) is 1. The summed E-state index contributed by atoms with van der Waals surface area (Å²) < 4.78 is 0. The van der Waals surface area contributed by atoms with Crippen molar-refractivity contribution < 1.29 is 9.59 Å². The average Bonchev–Trinajstić information content (AvgIpc) is 3.18. The van der Waals surface area contributed by atoms with Crippen molar-refractivity contribution in [3.05, 3.63) is 71.9 Å². The number of aromatic amines is 1. The lowest BCUT2D eigenvalue weighted by Gasteiger charge is -2.31. The molecule has 1 saturated heterocycles. The van der Waals surface area contributed by atoms with Gasteiger partial charge in [-0.3, -0.25) is 9.59 Å². The summed E-state index contributed by atoms with van der Waals surface area (Å²) in [5, 5.41) is 4.06. The molecular weight excluding hydrogens is 350 g/mol. The quantitative estimate of drug-likeness (QED) is 0.718. The molecule has 4 rings (SSSR count). The monoisotopic (exact) mass is 375 g/mol. The van der Waals surface area contributed by atoms with Crippen molar-refractivity contribution in [3.63, 3.8) is 0 Å². The molecule has 0 saturated carbocycles. The zero-order valence-electron chi connectivity index (χ0n) is 15.9. The lowest BCUT2D eigenvalue weighted by atomic mass is 9.96. The van der Waals surface area contributed by atoms with Gasteiger partial charge in [-0.25, -0.2) is 0 Å². The smallest absolute Gasteiger partial charge is 0.270 e. The summed E-state index contributed by atoms with van der Waals surface area (Å²) in [5.74, 6) is -0.124. The van der Waals surface area contributed by atoms with E-state index in [0.29, 0.717) is 25.3 Å².